The average Bonchev–Trinajstić information content (AvgIpc) is 2.73. The van der Waals surface area contributed by atoms with Crippen LogP contribution in [0.2, 0.25) is 0 Å². The Hall–Kier alpha value is -3.16. The highest BCUT2D eigenvalue weighted by atomic mass is 16.1. The second-order valence-corrected chi connectivity index (χ2v) is 7.62. The maximum absolute atomic E-state index is 13.1. The zero-order valence-electron chi connectivity index (χ0n) is 17.0. The van der Waals surface area contributed by atoms with Crippen LogP contribution in [0.25, 0.3) is 0 Å². The van der Waals surface area contributed by atoms with Crippen molar-refractivity contribution >= 4 is 0 Å². The Morgan fingerprint density at radius 2 is 1.90 bits per heavy atom. The van der Waals surface area contributed by atoms with Crippen molar-refractivity contribution in [1.82, 2.24) is 14.5 Å². The maximum atomic E-state index is 13.1. The van der Waals surface area contributed by atoms with Crippen LogP contribution < -0.4 is 5.56 Å². The zero-order chi connectivity index (χ0) is 20.2. The molecular formula is C25H25N3O. The van der Waals surface area contributed by atoms with Crippen molar-refractivity contribution in [3.63, 3.8) is 0 Å². The van der Waals surface area contributed by atoms with Gasteiger partial charge in [0.25, 0.3) is 5.56 Å². The van der Waals surface area contributed by atoms with Gasteiger partial charge in [-0.25, -0.2) is 4.98 Å². The molecule has 29 heavy (non-hydrogen) atoms. The molecule has 0 saturated heterocycles. The second kappa shape index (κ2) is 8.46. The third-order valence-electron chi connectivity index (χ3n) is 5.34. The molecule has 2 aromatic carbocycles. The van der Waals surface area contributed by atoms with Crippen molar-refractivity contribution in [1.29, 1.82) is 0 Å². The predicted molar refractivity (Wildman–Crippen MR) is 116 cm³/mol. The molecule has 2 heterocycles. The van der Waals surface area contributed by atoms with Crippen molar-refractivity contribution in [3.8, 4) is 11.8 Å². The van der Waals surface area contributed by atoms with E-state index in [-0.39, 0.29) is 5.56 Å². The predicted octanol–water partition coefficient (Wildman–Crippen LogP) is 3.53. The number of hydrogen-bond donors (Lipinski definition) is 0. The normalized spacial score (nSPS) is 13.4. The summed E-state index contributed by atoms with van der Waals surface area (Å²) in [5.41, 5.74) is 6.43. The van der Waals surface area contributed by atoms with Crippen LogP contribution in [0.5, 0.6) is 0 Å². The number of aromatic nitrogens is 2. The van der Waals surface area contributed by atoms with Gasteiger partial charge in [-0.05, 0) is 37.1 Å². The van der Waals surface area contributed by atoms with Crippen LogP contribution in [-0.4, -0.2) is 21.0 Å². The van der Waals surface area contributed by atoms with Crippen molar-refractivity contribution in [3.05, 3.63) is 98.7 Å². The third kappa shape index (κ3) is 4.47. The lowest BCUT2D eigenvalue weighted by Gasteiger charge is -2.28. The molecule has 0 fully saturated rings. The van der Waals surface area contributed by atoms with Crippen LogP contribution in [-0.2, 0) is 26.1 Å². The monoisotopic (exact) mass is 383 g/mol. The van der Waals surface area contributed by atoms with Gasteiger partial charge >= 0.3 is 0 Å². The quantitative estimate of drug-likeness (QED) is 0.647. The molecule has 0 amide bonds. The smallest absolute Gasteiger partial charge is 0.258 e. The summed E-state index contributed by atoms with van der Waals surface area (Å²) in [6.45, 7) is 6.82. The van der Waals surface area contributed by atoms with Gasteiger partial charge in [0, 0.05) is 31.6 Å². The molecule has 0 bridgehead atoms. The number of hydrogen-bond acceptors (Lipinski definition) is 3. The molecule has 1 aliphatic heterocycles. The first-order valence-electron chi connectivity index (χ1n) is 9.99. The van der Waals surface area contributed by atoms with Gasteiger partial charge in [0.05, 0.1) is 24.1 Å². The molecule has 4 heteroatoms. The lowest BCUT2D eigenvalue weighted by atomic mass is 10.0. The first-order valence-corrected chi connectivity index (χ1v) is 9.99. The molecule has 1 aliphatic rings. The number of benzene rings is 2. The minimum atomic E-state index is 0.0749. The van der Waals surface area contributed by atoms with E-state index in [1.165, 1.54) is 11.1 Å². The maximum Gasteiger partial charge on any atom is 0.258 e. The molecule has 4 rings (SSSR count). The zero-order valence-corrected chi connectivity index (χ0v) is 17.0. The molecule has 0 spiro atoms. The number of nitrogens with zero attached hydrogens (tertiary/aromatic N) is 3. The molecule has 146 valence electrons. The minimum Gasteiger partial charge on any atom is -0.294 e. The number of fused-ring (bicyclic) bond motifs is 1. The SMILES string of the molecule is CC#Cc1cccc(CN2CCc3ncn(Cc4ccc(C)cc4)c(=O)c3C2)c1. The van der Waals surface area contributed by atoms with E-state index in [0.717, 1.165) is 41.9 Å². The summed E-state index contributed by atoms with van der Waals surface area (Å²) in [6, 6.07) is 16.6. The van der Waals surface area contributed by atoms with E-state index in [1.54, 1.807) is 10.9 Å². The second-order valence-electron chi connectivity index (χ2n) is 7.62. The summed E-state index contributed by atoms with van der Waals surface area (Å²) >= 11 is 0. The van der Waals surface area contributed by atoms with Gasteiger partial charge in [-0.15, -0.1) is 5.92 Å². The van der Waals surface area contributed by atoms with Crippen LogP contribution in [0.3, 0.4) is 0 Å². The van der Waals surface area contributed by atoms with Crippen LogP contribution in [0.1, 0.15) is 40.4 Å². The topological polar surface area (TPSA) is 38.1 Å². The Morgan fingerprint density at radius 1 is 1.07 bits per heavy atom. The first-order chi connectivity index (χ1) is 14.1. The Morgan fingerprint density at radius 3 is 2.69 bits per heavy atom. The van der Waals surface area contributed by atoms with Crippen molar-refractivity contribution in [2.75, 3.05) is 6.54 Å². The lowest BCUT2D eigenvalue weighted by Crippen LogP contribution is -2.37. The molecule has 4 nitrogen and oxygen atoms in total. The Balaban J connectivity index is 1.53. The molecule has 1 aromatic heterocycles. The van der Waals surface area contributed by atoms with E-state index < -0.39 is 0 Å². The van der Waals surface area contributed by atoms with E-state index in [9.17, 15) is 4.79 Å². The highest BCUT2D eigenvalue weighted by Crippen LogP contribution is 2.17. The molecule has 0 radical (unpaired) electrons. The molecule has 0 aliphatic carbocycles. The molecule has 0 N–H and O–H groups in total. The van der Waals surface area contributed by atoms with Gasteiger partial charge in [-0.2, -0.15) is 0 Å². The van der Waals surface area contributed by atoms with E-state index in [0.29, 0.717) is 13.1 Å². The first kappa shape index (κ1) is 19.2. The van der Waals surface area contributed by atoms with Gasteiger partial charge in [-0.3, -0.25) is 14.3 Å². The molecule has 0 saturated carbocycles. The van der Waals surface area contributed by atoms with Crippen molar-refractivity contribution in [2.45, 2.75) is 39.9 Å². The van der Waals surface area contributed by atoms with Gasteiger partial charge in [0.1, 0.15) is 0 Å². The number of rotatable bonds is 4. The van der Waals surface area contributed by atoms with Crippen molar-refractivity contribution in [2.24, 2.45) is 0 Å². The van der Waals surface area contributed by atoms with E-state index in [1.807, 2.05) is 19.1 Å². The van der Waals surface area contributed by atoms with Crippen molar-refractivity contribution < 1.29 is 0 Å². The molecule has 0 unspecified atom stereocenters. The van der Waals surface area contributed by atoms with Gasteiger partial charge < -0.3 is 0 Å². The largest absolute Gasteiger partial charge is 0.294 e. The van der Waals surface area contributed by atoms with Crippen LogP contribution in [0.4, 0.5) is 0 Å². The summed E-state index contributed by atoms with van der Waals surface area (Å²) in [5.74, 6) is 6.06. The molecular weight excluding hydrogens is 358 g/mol. The standard InChI is InChI=1S/C25H25N3O/c1-3-5-20-6-4-7-22(14-20)15-27-13-12-24-23(17-27)25(29)28(18-26-24)16-21-10-8-19(2)9-11-21/h4,6-11,14,18H,12-13,15-17H2,1-2H3. The Labute approximate surface area is 171 Å². The highest BCUT2D eigenvalue weighted by molar-refractivity contribution is 5.37. The fourth-order valence-corrected chi connectivity index (χ4v) is 3.80. The van der Waals surface area contributed by atoms with Crippen LogP contribution in [0.15, 0.2) is 59.7 Å². The number of aryl methyl sites for hydroxylation is 1. The van der Waals surface area contributed by atoms with E-state index in [4.69, 9.17) is 0 Å². The summed E-state index contributed by atoms with van der Waals surface area (Å²) in [6.07, 6.45) is 2.51. The fraction of sp³-hybridized carbons (Fsp3) is 0.280. The summed E-state index contributed by atoms with van der Waals surface area (Å²) in [7, 11) is 0. The van der Waals surface area contributed by atoms with E-state index in [2.05, 4.69) is 65.0 Å². The molecule has 0 atom stereocenters. The summed E-state index contributed by atoms with van der Waals surface area (Å²) in [4.78, 5) is 20.0. The highest BCUT2D eigenvalue weighted by Gasteiger charge is 2.21. The van der Waals surface area contributed by atoms with Gasteiger partial charge in [0.2, 0.25) is 0 Å². The van der Waals surface area contributed by atoms with Crippen LogP contribution in [0, 0.1) is 18.8 Å². The molecule has 3 aromatic rings. The van der Waals surface area contributed by atoms with Gasteiger partial charge in [-0.1, -0.05) is 47.9 Å². The average molecular weight is 383 g/mol. The summed E-state index contributed by atoms with van der Waals surface area (Å²) < 4.78 is 1.73. The Kier molecular flexibility index (Phi) is 5.59. The summed E-state index contributed by atoms with van der Waals surface area (Å²) in [5, 5.41) is 0. The Bertz CT molecular complexity index is 1130. The minimum absolute atomic E-state index is 0.0749. The van der Waals surface area contributed by atoms with Crippen LogP contribution >= 0.6 is 0 Å². The van der Waals surface area contributed by atoms with E-state index >= 15 is 0 Å². The van der Waals surface area contributed by atoms with Gasteiger partial charge in [0.15, 0.2) is 0 Å². The lowest BCUT2D eigenvalue weighted by molar-refractivity contribution is 0.240. The fourth-order valence-electron chi connectivity index (χ4n) is 3.80. The third-order valence-corrected chi connectivity index (χ3v) is 5.34.